The first kappa shape index (κ1) is 17.6. The predicted molar refractivity (Wildman–Crippen MR) is 91.0 cm³/mol. The van der Waals surface area contributed by atoms with Gasteiger partial charge in [0.05, 0.1) is 13.7 Å². The van der Waals surface area contributed by atoms with Crippen molar-refractivity contribution in [2.45, 2.75) is 39.2 Å². The Hall–Kier alpha value is -1.75. The van der Waals surface area contributed by atoms with E-state index in [2.05, 4.69) is 19.2 Å². The molecule has 3 N–H and O–H groups in total. The summed E-state index contributed by atoms with van der Waals surface area (Å²) in [5, 5.41) is 3.01. The van der Waals surface area contributed by atoms with Gasteiger partial charge in [0.2, 0.25) is 0 Å². The fourth-order valence-corrected chi connectivity index (χ4v) is 2.45. The van der Waals surface area contributed by atoms with Gasteiger partial charge in [-0.2, -0.15) is 0 Å². The number of nitrogens with two attached hydrogens (primary N) is 1. The van der Waals surface area contributed by atoms with Crippen LogP contribution in [-0.2, 0) is 0 Å². The summed E-state index contributed by atoms with van der Waals surface area (Å²) < 4.78 is 11.1. The topological polar surface area (TPSA) is 73.6 Å². The Kier molecular flexibility index (Phi) is 6.28. The molecular formula is C18H28N2O3. The van der Waals surface area contributed by atoms with Crippen LogP contribution in [0, 0.1) is 11.8 Å². The minimum Gasteiger partial charge on any atom is -0.493 e. The lowest BCUT2D eigenvalue weighted by Crippen LogP contribution is -2.41. The molecule has 1 aliphatic rings. The van der Waals surface area contributed by atoms with Gasteiger partial charge in [0.1, 0.15) is 0 Å². The van der Waals surface area contributed by atoms with Gasteiger partial charge in [-0.3, -0.25) is 4.79 Å². The molecule has 1 aliphatic carbocycles. The van der Waals surface area contributed by atoms with Crippen LogP contribution in [0.5, 0.6) is 11.5 Å². The molecule has 1 saturated carbocycles. The molecule has 5 nitrogen and oxygen atoms in total. The molecule has 1 atom stereocenters. The molecule has 1 aromatic rings. The van der Waals surface area contributed by atoms with Crippen molar-refractivity contribution in [2.24, 2.45) is 17.6 Å². The van der Waals surface area contributed by atoms with Crippen molar-refractivity contribution < 1.29 is 14.3 Å². The second kappa shape index (κ2) is 8.20. The van der Waals surface area contributed by atoms with E-state index in [9.17, 15) is 4.79 Å². The Labute approximate surface area is 138 Å². The predicted octanol–water partition coefficient (Wildman–Crippen LogP) is 2.59. The van der Waals surface area contributed by atoms with Crippen LogP contribution < -0.4 is 20.5 Å². The van der Waals surface area contributed by atoms with Gasteiger partial charge in [-0.05, 0) is 49.3 Å². The zero-order valence-electron chi connectivity index (χ0n) is 14.3. The maximum atomic E-state index is 12.4. The quantitative estimate of drug-likeness (QED) is 0.733. The molecule has 1 fully saturated rings. The summed E-state index contributed by atoms with van der Waals surface area (Å²) in [6.45, 7) is 5.42. The van der Waals surface area contributed by atoms with Gasteiger partial charge in [-0.15, -0.1) is 0 Å². The Balaban J connectivity index is 2.00. The number of hydrogen-bond donors (Lipinski definition) is 2. The average molecular weight is 320 g/mol. The molecule has 0 bridgehead atoms. The smallest absolute Gasteiger partial charge is 0.251 e. The zero-order valence-corrected chi connectivity index (χ0v) is 14.3. The lowest BCUT2D eigenvalue weighted by atomic mass is 10.1. The summed E-state index contributed by atoms with van der Waals surface area (Å²) in [7, 11) is 1.58. The van der Waals surface area contributed by atoms with Gasteiger partial charge in [-0.25, -0.2) is 0 Å². The first-order chi connectivity index (χ1) is 11.0. The highest BCUT2D eigenvalue weighted by Gasteiger charge is 2.31. The molecular weight excluding hydrogens is 292 g/mol. The van der Waals surface area contributed by atoms with Crippen LogP contribution in [0.25, 0.3) is 0 Å². The van der Waals surface area contributed by atoms with Crippen molar-refractivity contribution in [2.75, 3.05) is 20.3 Å². The van der Waals surface area contributed by atoms with Crippen LogP contribution in [-0.4, -0.2) is 32.2 Å². The number of ether oxygens (including phenoxy) is 2. The molecule has 1 aromatic carbocycles. The standard InChI is InChI=1S/C18H28N2O3/c1-12(2)8-9-23-16-7-6-14(10-17(16)22-3)18(21)20-15(11-19)13-4-5-13/h6-7,10,12-13,15H,4-5,8-9,11,19H2,1-3H3,(H,20,21). The van der Waals surface area contributed by atoms with Crippen LogP contribution in [0.15, 0.2) is 18.2 Å². The highest BCUT2D eigenvalue weighted by atomic mass is 16.5. The van der Waals surface area contributed by atoms with E-state index >= 15 is 0 Å². The van der Waals surface area contributed by atoms with Gasteiger partial charge in [-0.1, -0.05) is 13.8 Å². The molecule has 23 heavy (non-hydrogen) atoms. The van der Waals surface area contributed by atoms with E-state index in [0.717, 1.165) is 19.3 Å². The normalized spacial score (nSPS) is 15.3. The van der Waals surface area contributed by atoms with Crippen LogP contribution in [0.3, 0.4) is 0 Å². The molecule has 2 rings (SSSR count). The van der Waals surface area contributed by atoms with Crippen molar-refractivity contribution in [1.82, 2.24) is 5.32 Å². The van der Waals surface area contributed by atoms with E-state index in [0.29, 0.717) is 42.0 Å². The van der Waals surface area contributed by atoms with Crippen molar-refractivity contribution >= 4 is 5.91 Å². The first-order valence-corrected chi connectivity index (χ1v) is 8.37. The summed E-state index contributed by atoms with van der Waals surface area (Å²) >= 11 is 0. The number of rotatable bonds is 9. The number of carbonyl (C=O) groups excluding carboxylic acids is 1. The van der Waals surface area contributed by atoms with Crippen molar-refractivity contribution in [3.05, 3.63) is 23.8 Å². The van der Waals surface area contributed by atoms with Crippen LogP contribution in [0.1, 0.15) is 43.5 Å². The molecule has 0 aromatic heterocycles. The molecule has 0 saturated heterocycles. The van der Waals surface area contributed by atoms with E-state index in [1.165, 1.54) is 0 Å². The van der Waals surface area contributed by atoms with E-state index in [1.54, 1.807) is 25.3 Å². The monoisotopic (exact) mass is 320 g/mol. The maximum absolute atomic E-state index is 12.4. The van der Waals surface area contributed by atoms with Gasteiger partial charge in [0.15, 0.2) is 11.5 Å². The number of nitrogens with one attached hydrogen (secondary N) is 1. The summed E-state index contributed by atoms with van der Waals surface area (Å²) in [5.74, 6) is 2.25. The lowest BCUT2D eigenvalue weighted by molar-refractivity contribution is 0.0933. The highest BCUT2D eigenvalue weighted by molar-refractivity contribution is 5.95. The van der Waals surface area contributed by atoms with Crippen molar-refractivity contribution in [3.63, 3.8) is 0 Å². The van der Waals surface area contributed by atoms with Crippen LogP contribution in [0.4, 0.5) is 0 Å². The number of carbonyl (C=O) groups is 1. The second-order valence-electron chi connectivity index (χ2n) is 6.55. The second-order valence-corrected chi connectivity index (χ2v) is 6.55. The van der Waals surface area contributed by atoms with Gasteiger partial charge >= 0.3 is 0 Å². The first-order valence-electron chi connectivity index (χ1n) is 8.37. The van der Waals surface area contributed by atoms with E-state index in [1.807, 2.05) is 0 Å². The third-order valence-electron chi connectivity index (χ3n) is 4.14. The van der Waals surface area contributed by atoms with E-state index in [-0.39, 0.29) is 11.9 Å². The molecule has 1 amide bonds. The van der Waals surface area contributed by atoms with E-state index in [4.69, 9.17) is 15.2 Å². The summed E-state index contributed by atoms with van der Waals surface area (Å²) in [5.41, 5.74) is 6.31. The molecule has 0 aliphatic heterocycles. The molecule has 1 unspecified atom stereocenters. The highest BCUT2D eigenvalue weighted by Crippen LogP contribution is 2.33. The fraction of sp³-hybridized carbons (Fsp3) is 0.611. The molecule has 128 valence electrons. The van der Waals surface area contributed by atoms with Gasteiger partial charge in [0, 0.05) is 18.2 Å². The summed E-state index contributed by atoms with van der Waals surface area (Å²) in [6, 6.07) is 5.35. The Morgan fingerprint density at radius 2 is 2.09 bits per heavy atom. The Morgan fingerprint density at radius 3 is 2.65 bits per heavy atom. The third kappa shape index (κ3) is 5.13. The maximum Gasteiger partial charge on any atom is 0.251 e. The van der Waals surface area contributed by atoms with Gasteiger partial charge < -0.3 is 20.5 Å². The number of methoxy groups -OCH3 is 1. The molecule has 5 heteroatoms. The van der Waals surface area contributed by atoms with Gasteiger partial charge in [0.25, 0.3) is 5.91 Å². The summed E-state index contributed by atoms with van der Waals surface area (Å²) in [4.78, 5) is 12.4. The summed E-state index contributed by atoms with van der Waals surface area (Å²) in [6.07, 6.45) is 3.27. The third-order valence-corrected chi connectivity index (χ3v) is 4.14. The fourth-order valence-electron chi connectivity index (χ4n) is 2.45. The Morgan fingerprint density at radius 1 is 1.35 bits per heavy atom. The molecule has 0 radical (unpaired) electrons. The van der Waals surface area contributed by atoms with Crippen LogP contribution in [0.2, 0.25) is 0 Å². The van der Waals surface area contributed by atoms with Crippen LogP contribution >= 0.6 is 0 Å². The largest absolute Gasteiger partial charge is 0.493 e. The minimum atomic E-state index is -0.112. The number of amides is 1. The molecule has 0 heterocycles. The van der Waals surface area contributed by atoms with E-state index < -0.39 is 0 Å². The Bertz CT molecular complexity index is 527. The number of benzene rings is 1. The van der Waals surface area contributed by atoms with Crippen molar-refractivity contribution in [3.8, 4) is 11.5 Å². The molecule has 0 spiro atoms. The SMILES string of the molecule is COc1cc(C(=O)NC(CN)C2CC2)ccc1OCCC(C)C. The average Bonchev–Trinajstić information content (AvgIpc) is 3.37. The minimum absolute atomic E-state index is 0.0652. The zero-order chi connectivity index (χ0) is 16.8. The number of hydrogen-bond acceptors (Lipinski definition) is 4. The lowest BCUT2D eigenvalue weighted by Gasteiger charge is -2.17. The van der Waals surface area contributed by atoms with Crippen molar-refractivity contribution in [1.29, 1.82) is 0 Å².